The number of hydrogen-bond acceptors (Lipinski definition) is 0. The standard InChI is InChI=1S/C35H60N2/c1-3-5-7-9-11-13-14-15-16-18-20-25-29-34(28-24-19-17-12-10-8-6-4-2)35-36-30-31-37(35)32-33-26-22-21-23-27-33/h21-23,26-27,30-31,34H,3-20,24-25,28-29,32H2,1-2H3/p+1/t34-/m0/s1. The molecule has 0 unspecified atom stereocenters. The molecule has 2 nitrogen and oxygen atoms in total. The smallest absolute Gasteiger partial charge is 0.247 e. The Morgan fingerprint density at radius 1 is 0.568 bits per heavy atom. The van der Waals surface area contributed by atoms with Gasteiger partial charge in [-0.05, 0) is 18.4 Å². The Kier molecular flexibility index (Phi) is 19.2. The number of H-pyrrole nitrogens is 1. The van der Waals surface area contributed by atoms with E-state index in [9.17, 15) is 0 Å². The van der Waals surface area contributed by atoms with E-state index >= 15 is 0 Å². The van der Waals surface area contributed by atoms with Crippen LogP contribution in [-0.4, -0.2) is 4.98 Å². The third kappa shape index (κ3) is 15.4. The molecule has 1 atom stereocenters. The summed E-state index contributed by atoms with van der Waals surface area (Å²) in [6.45, 7) is 5.59. The maximum atomic E-state index is 3.66. The second kappa shape index (κ2) is 22.4. The summed E-state index contributed by atoms with van der Waals surface area (Å²) in [7, 11) is 0. The number of nitrogens with zero attached hydrogens (tertiary/aromatic N) is 1. The molecule has 0 saturated heterocycles. The minimum Gasteiger partial charge on any atom is -0.247 e. The molecule has 210 valence electrons. The van der Waals surface area contributed by atoms with Crippen LogP contribution < -0.4 is 4.57 Å². The molecule has 1 N–H and O–H groups in total. The minimum absolute atomic E-state index is 0.668. The topological polar surface area (TPSA) is 19.7 Å². The van der Waals surface area contributed by atoms with Crippen molar-refractivity contribution >= 4 is 0 Å². The van der Waals surface area contributed by atoms with E-state index in [2.05, 4.69) is 66.1 Å². The minimum atomic E-state index is 0.668. The lowest BCUT2D eigenvalue weighted by Gasteiger charge is -2.14. The zero-order chi connectivity index (χ0) is 26.2. The van der Waals surface area contributed by atoms with E-state index in [1.54, 1.807) is 0 Å². The highest BCUT2D eigenvalue weighted by Gasteiger charge is 2.22. The summed E-state index contributed by atoms with van der Waals surface area (Å²) in [5.41, 5.74) is 1.39. The number of aromatic amines is 1. The summed E-state index contributed by atoms with van der Waals surface area (Å²) in [5, 5.41) is 0. The van der Waals surface area contributed by atoms with Gasteiger partial charge in [0.05, 0.1) is 5.92 Å². The van der Waals surface area contributed by atoms with Gasteiger partial charge >= 0.3 is 0 Å². The van der Waals surface area contributed by atoms with E-state index in [1.165, 1.54) is 153 Å². The van der Waals surface area contributed by atoms with E-state index in [1.807, 2.05) is 0 Å². The van der Waals surface area contributed by atoms with Crippen molar-refractivity contribution in [3.8, 4) is 0 Å². The van der Waals surface area contributed by atoms with E-state index < -0.39 is 0 Å². The van der Waals surface area contributed by atoms with Crippen molar-refractivity contribution < 1.29 is 4.57 Å². The second-order valence-electron chi connectivity index (χ2n) is 11.6. The van der Waals surface area contributed by atoms with E-state index in [4.69, 9.17) is 0 Å². The molecule has 0 aliphatic carbocycles. The Bertz CT molecular complexity index is 735. The highest BCUT2D eigenvalue weighted by Crippen LogP contribution is 2.26. The quantitative estimate of drug-likeness (QED) is 0.101. The van der Waals surface area contributed by atoms with Gasteiger partial charge in [0.25, 0.3) is 5.82 Å². The van der Waals surface area contributed by atoms with Gasteiger partial charge in [0.2, 0.25) is 0 Å². The van der Waals surface area contributed by atoms with Crippen molar-refractivity contribution in [2.75, 3.05) is 0 Å². The lowest BCUT2D eigenvalue weighted by atomic mass is 9.93. The number of aromatic nitrogens is 2. The number of benzene rings is 1. The average molecular weight is 510 g/mol. The Hall–Kier alpha value is -1.57. The summed E-state index contributed by atoms with van der Waals surface area (Å²) < 4.78 is 2.48. The zero-order valence-electron chi connectivity index (χ0n) is 24.8. The number of imidazole rings is 1. The first-order valence-corrected chi connectivity index (χ1v) is 16.5. The normalized spacial score (nSPS) is 12.3. The molecule has 1 heterocycles. The molecule has 2 aromatic rings. The predicted octanol–water partition coefficient (Wildman–Crippen LogP) is 11.1. The summed E-state index contributed by atoms with van der Waals surface area (Å²) in [6.07, 6.45) is 35.5. The largest absolute Gasteiger partial charge is 0.257 e. The first kappa shape index (κ1) is 31.6. The van der Waals surface area contributed by atoms with Crippen LogP contribution in [0.15, 0.2) is 42.7 Å². The van der Waals surface area contributed by atoms with Gasteiger partial charge in [-0.15, -0.1) is 0 Å². The molecule has 0 amide bonds. The molecule has 0 aliphatic heterocycles. The van der Waals surface area contributed by atoms with Crippen LogP contribution in [0, 0.1) is 0 Å². The van der Waals surface area contributed by atoms with Gasteiger partial charge in [-0.3, -0.25) is 0 Å². The van der Waals surface area contributed by atoms with Crippen LogP contribution in [-0.2, 0) is 6.54 Å². The van der Waals surface area contributed by atoms with Crippen molar-refractivity contribution in [2.45, 2.75) is 168 Å². The van der Waals surface area contributed by atoms with Crippen LogP contribution in [0.1, 0.15) is 172 Å². The molecule has 0 radical (unpaired) electrons. The summed E-state index contributed by atoms with van der Waals surface area (Å²) in [5.74, 6) is 2.12. The molecular weight excluding hydrogens is 448 g/mol. The van der Waals surface area contributed by atoms with Gasteiger partial charge in [-0.1, -0.05) is 173 Å². The molecule has 0 saturated carbocycles. The third-order valence-electron chi connectivity index (χ3n) is 8.19. The first-order valence-electron chi connectivity index (χ1n) is 16.5. The summed E-state index contributed by atoms with van der Waals surface area (Å²) in [6, 6.07) is 10.9. The van der Waals surface area contributed by atoms with Gasteiger partial charge in [0.1, 0.15) is 18.9 Å². The van der Waals surface area contributed by atoms with Gasteiger partial charge in [-0.2, -0.15) is 0 Å². The molecule has 1 aromatic heterocycles. The van der Waals surface area contributed by atoms with Crippen LogP contribution in [0.5, 0.6) is 0 Å². The van der Waals surface area contributed by atoms with Crippen LogP contribution in [0.25, 0.3) is 0 Å². The molecule has 0 spiro atoms. The highest BCUT2D eigenvalue weighted by molar-refractivity contribution is 5.13. The van der Waals surface area contributed by atoms with Crippen molar-refractivity contribution in [3.63, 3.8) is 0 Å². The van der Waals surface area contributed by atoms with Gasteiger partial charge in [0.15, 0.2) is 0 Å². The molecule has 2 rings (SSSR count). The lowest BCUT2D eigenvalue weighted by molar-refractivity contribution is -0.695. The molecule has 1 aromatic carbocycles. The van der Waals surface area contributed by atoms with Crippen molar-refractivity contribution in [3.05, 3.63) is 54.1 Å². The average Bonchev–Trinajstić information content (AvgIpc) is 3.38. The fourth-order valence-corrected chi connectivity index (χ4v) is 5.82. The molecule has 2 heteroatoms. The van der Waals surface area contributed by atoms with Crippen LogP contribution in [0.4, 0.5) is 0 Å². The van der Waals surface area contributed by atoms with Gasteiger partial charge in [0, 0.05) is 0 Å². The van der Waals surface area contributed by atoms with Crippen molar-refractivity contribution in [1.29, 1.82) is 0 Å². The Morgan fingerprint density at radius 2 is 1.00 bits per heavy atom. The van der Waals surface area contributed by atoms with Crippen molar-refractivity contribution in [2.24, 2.45) is 0 Å². The number of unbranched alkanes of at least 4 members (excludes halogenated alkanes) is 18. The molecule has 0 bridgehead atoms. The lowest BCUT2D eigenvalue weighted by Crippen LogP contribution is -2.38. The fraction of sp³-hybridized carbons (Fsp3) is 0.743. The van der Waals surface area contributed by atoms with Crippen molar-refractivity contribution in [1.82, 2.24) is 4.98 Å². The maximum absolute atomic E-state index is 3.66. The van der Waals surface area contributed by atoms with E-state index in [0.29, 0.717) is 5.92 Å². The van der Waals surface area contributed by atoms with Gasteiger partial charge < -0.3 is 0 Å². The number of nitrogens with one attached hydrogen (secondary N) is 1. The van der Waals surface area contributed by atoms with Crippen LogP contribution in [0.3, 0.4) is 0 Å². The monoisotopic (exact) mass is 509 g/mol. The highest BCUT2D eigenvalue weighted by atomic mass is 15.1. The summed E-state index contributed by atoms with van der Waals surface area (Å²) in [4.78, 5) is 3.66. The van der Waals surface area contributed by atoms with E-state index in [0.717, 1.165) is 6.54 Å². The van der Waals surface area contributed by atoms with Crippen LogP contribution in [0.2, 0.25) is 0 Å². The van der Waals surface area contributed by atoms with E-state index in [-0.39, 0.29) is 0 Å². The Morgan fingerprint density at radius 3 is 1.46 bits per heavy atom. The summed E-state index contributed by atoms with van der Waals surface area (Å²) >= 11 is 0. The molecule has 0 fully saturated rings. The SMILES string of the molecule is CCCCCCCCCCCCCC[C@H](CCCCCCCCCC)c1[nH]cc[n+]1Cc1ccccc1. The molecular formula is C35H61N2+. The van der Waals surface area contributed by atoms with Crippen LogP contribution >= 0.6 is 0 Å². The maximum Gasteiger partial charge on any atom is 0.257 e. The zero-order valence-corrected chi connectivity index (χ0v) is 24.8. The Balaban J connectivity index is 1.71. The number of rotatable bonds is 25. The first-order chi connectivity index (χ1) is 18.3. The molecule has 0 aliphatic rings. The predicted molar refractivity (Wildman–Crippen MR) is 162 cm³/mol. The Labute approximate surface area is 231 Å². The molecule has 37 heavy (non-hydrogen) atoms. The second-order valence-corrected chi connectivity index (χ2v) is 11.6. The number of hydrogen-bond donors (Lipinski definition) is 1. The fourth-order valence-electron chi connectivity index (χ4n) is 5.82. The van der Waals surface area contributed by atoms with Gasteiger partial charge in [-0.25, -0.2) is 9.55 Å². The third-order valence-corrected chi connectivity index (χ3v) is 8.19.